The van der Waals surface area contributed by atoms with Gasteiger partial charge in [0.25, 0.3) is 0 Å². The molecule has 0 spiro atoms. The second-order valence-corrected chi connectivity index (χ2v) is 2.14. The van der Waals surface area contributed by atoms with Crippen molar-refractivity contribution in [2.24, 2.45) is 0 Å². The number of ether oxygens (including phenoxy) is 1. The number of hydrogen-bond donors (Lipinski definition) is 1. The van der Waals surface area contributed by atoms with Gasteiger partial charge in [0.05, 0.1) is 6.07 Å². The number of carboxylic acid groups (broad SMARTS) is 1. The van der Waals surface area contributed by atoms with E-state index in [0.29, 0.717) is 6.42 Å². The summed E-state index contributed by atoms with van der Waals surface area (Å²) >= 11 is 0. The van der Waals surface area contributed by atoms with Gasteiger partial charge in [0.15, 0.2) is 6.10 Å². The van der Waals surface area contributed by atoms with Crippen LogP contribution in [0.25, 0.3) is 0 Å². The first kappa shape index (κ1) is 9.92. The molecule has 0 saturated carbocycles. The number of rotatable bonds is 4. The molecule has 4 nitrogen and oxygen atoms in total. The molecule has 2 atom stereocenters. The monoisotopic (exact) mass is 157 g/mol. The van der Waals surface area contributed by atoms with Gasteiger partial charge in [-0.2, -0.15) is 5.26 Å². The third-order valence-corrected chi connectivity index (χ3v) is 1.23. The summed E-state index contributed by atoms with van der Waals surface area (Å²) in [5.74, 6) is -1.04. The summed E-state index contributed by atoms with van der Waals surface area (Å²) in [6.07, 6.45) is -1.01. The standard InChI is InChI=1S/C7H11NO3/c1-3-6(4-8)11-5(2)7(9)10/h5-6H,3H2,1-2H3,(H,9,10)/t5-,6?/m0/s1. The number of nitriles is 1. The molecule has 4 heteroatoms. The van der Waals surface area contributed by atoms with Crippen LogP contribution in [0.1, 0.15) is 20.3 Å². The van der Waals surface area contributed by atoms with Crippen molar-refractivity contribution >= 4 is 5.97 Å². The normalized spacial score (nSPS) is 15.0. The zero-order valence-corrected chi connectivity index (χ0v) is 6.57. The molecular formula is C7H11NO3. The van der Waals surface area contributed by atoms with E-state index in [9.17, 15) is 4.79 Å². The lowest BCUT2D eigenvalue weighted by Gasteiger charge is -2.11. The second kappa shape index (κ2) is 4.69. The molecule has 0 aliphatic heterocycles. The van der Waals surface area contributed by atoms with E-state index < -0.39 is 18.2 Å². The van der Waals surface area contributed by atoms with Crippen molar-refractivity contribution in [3.05, 3.63) is 0 Å². The van der Waals surface area contributed by atoms with Crippen molar-refractivity contribution in [3.63, 3.8) is 0 Å². The third-order valence-electron chi connectivity index (χ3n) is 1.23. The molecule has 1 N–H and O–H groups in total. The Morgan fingerprint density at radius 2 is 2.36 bits per heavy atom. The Labute approximate surface area is 65.4 Å². The van der Waals surface area contributed by atoms with E-state index >= 15 is 0 Å². The van der Waals surface area contributed by atoms with E-state index in [1.54, 1.807) is 6.92 Å². The van der Waals surface area contributed by atoms with E-state index in [1.807, 2.05) is 6.07 Å². The van der Waals surface area contributed by atoms with Crippen molar-refractivity contribution in [2.75, 3.05) is 0 Å². The molecule has 0 saturated heterocycles. The highest BCUT2D eigenvalue weighted by molar-refractivity contribution is 5.71. The molecule has 0 radical (unpaired) electrons. The Morgan fingerprint density at radius 1 is 1.82 bits per heavy atom. The molecule has 0 heterocycles. The minimum Gasteiger partial charge on any atom is -0.479 e. The van der Waals surface area contributed by atoms with Crippen molar-refractivity contribution in [3.8, 4) is 6.07 Å². The van der Waals surface area contributed by atoms with E-state index in [-0.39, 0.29) is 0 Å². The third kappa shape index (κ3) is 3.58. The summed E-state index contributed by atoms with van der Waals surface area (Å²) < 4.78 is 4.85. The highest BCUT2D eigenvalue weighted by Gasteiger charge is 2.15. The molecule has 0 aromatic carbocycles. The van der Waals surface area contributed by atoms with Crippen LogP contribution in [0.5, 0.6) is 0 Å². The highest BCUT2D eigenvalue weighted by Crippen LogP contribution is 2.01. The summed E-state index contributed by atoms with van der Waals surface area (Å²) in [5, 5.41) is 16.8. The SMILES string of the molecule is CCC(C#N)O[C@@H](C)C(=O)O. The molecular weight excluding hydrogens is 146 g/mol. The second-order valence-electron chi connectivity index (χ2n) is 2.14. The molecule has 0 fully saturated rings. The van der Waals surface area contributed by atoms with Crippen LogP contribution in [0.15, 0.2) is 0 Å². The quantitative estimate of drug-likeness (QED) is 0.654. The molecule has 0 rings (SSSR count). The lowest BCUT2D eigenvalue weighted by atomic mass is 10.3. The fraction of sp³-hybridized carbons (Fsp3) is 0.714. The number of carbonyl (C=O) groups is 1. The van der Waals surface area contributed by atoms with Gasteiger partial charge in [-0.25, -0.2) is 4.79 Å². The molecule has 62 valence electrons. The van der Waals surface area contributed by atoms with Gasteiger partial charge in [-0.05, 0) is 13.3 Å². The fourth-order valence-electron chi connectivity index (χ4n) is 0.523. The van der Waals surface area contributed by atoms with Crippen molar-refractivity contribution in [1.82, 2.24) is 0 Å². The van der Waals surface area contributed by atoms with Crippen LogP contribution < -0.4 is 0 Å². The van der Waals surface area contributed by atoms with Gasteiger partial charge < -0.3 is 9.84 Å². The topological polar surface area (TPSA) is 70.3 Å². The Morgan fingerprint density at radius 3 is 2.64 bits per heavy atom. The van der Waals surface area contributed by atoms with Gasteiger partial charge in [0, 0.05) is 0 Å². The maximum Gasteiger partial charge on any atom is 0.332 e. The highest BCUT2D eigenvalue weighted by atomic mass is 16.5. The maximum absolute atomic E-state index is 10.2. The smallest absolute Gasteiger partial charge is 0.332 e. The lowest BCUT2D eigenvalue weighted by molar-refractivity contribution is -0.151. The number of aliphatic carboxylic acids is 1. The molecule has 0 bridgehead atoms. The summed E-state index contributed by atoms with van der Waals surface area (Å²) in [6, 6.07) is 1.85. The van der Waals surface area contributed by atoms with E-state index in [1.165, 1.54) is 6.92 Å². The Hall–Kier alpha value is -1.08. The van der Waals surface area contributed by atoms with E-state index in [2.05, 4.69) is 0 Å². The fourth-order valence-corrected chi connectivity index (χ4v) is 0.523. The largest absolute Gasteiger partial charge is 0.479 e. The summed E-state index contributed by atoms with van der Waals surface area (Å²) in [4.78, 5) is 10.2. The average Bonchev–Trinajstić information content (AvgIpc) is 1.99. The molecule has 0 aliphatic rings. The van der Waals surface area contributed by atoms with E-state index in [0.717, 1.165) is 0 Å². The average molecular weight is 157 g/mol. The van der Waals surface area contributed by atoms with Crippen LogP contribution in [-0.2, 0) is 9.53 Å². The molecule has 0 aromatic heterocycles. The van der Waals surface area contributed by atoms with Crippen molar-refractivity contribution < 1.29 is 14.6 Å². The van der Waals surface area contributed by atoms with Crippen LogP contribution in [-0.4, -0.2) is 23.3 Å². The predicted octanol–water partition coefficient (Wildman–Crippen LogP) is 0.778. The number of carboxylic acids is 1. The minimum atomic E-state index is -1.04. The number of nitrogens with zero attached hydrogens (tertiary/aromatic N) is 1. The van der Waals surface area contributed by atoms with Crippen LogP contribution in [0, 0.1) is 11.3 Å². The lowest BCUT2D eigenvalue weighted by Crippen LogP contribution is -2.25. The van der Waals surface area contributed by atoms with Crippen LogP contribution in [0.2, 0.25) is 0 Å². The predicted molar refractivity (Wildman–Crippen MR) is 37.9 cm³/mol. The summed E-state index contributed by atoms with van der Waals surface area (Å²) in [7, 11) is 0. The first-order valence-corrected chi connectivity index (χ1v) is 3.39. The van der Waals surface area contributed by atoms with Crippen LogP contribution in [0.4, 0.5) is 0 Å². The van der Waals surface area contributed by atoms with Gasteiger partial charge in [0.1, 0.15) is 6.10 Å². The van der Waals surface area contributed by atoms with Gasteiger partial charge in [0.2, 0.25) is 0 Å². The molecule has 11 heavy (non-hydrogen) atoms. The minimum absolute atomic E-state index is 0.508. The zero-order chi connectivity index (χ0) is 8.85. The van der Waals surface area contributed by atoms with Gasteiger partial charge in [-0.15, -0.1) is 0 Å². The molecule has 1 unspecified atom stereocenters. The molecule has 0 amide bonds. The van der Waals surface area contributed by atoms with Crippen molar-refractivity contribution in [2.45, 2.75) is 32.5 Å². The van der Waals surface area contributed by atoms with Crippen LogP contribution >= 0.6 is 0 Å². The maximum atomic E-state index is 10.2. The summed E-state index contributed by atoms with van der Waals surface area (Å²) in [5.41, 5.74) is 0. The first-order valence-electron chi connectivity index (χ1n) is 3.39. The Balaban J connectivity index is 3.83. The number of hydrogen-bond acceptors (Lipinski definition) is 3. The Bertz CT molecular complexity index is 173. The molecule has 0 aliphatic carbocycles. The Kier molecular flexibility index (Phi) is 4.23. The zero-order valence-electron chi connectivity index (χ0n) is 6.57. The van der Waals surface area contributed by atoms with Gasteiger partial charge in [-0.1, -0.05) is 6.92 Å². The van der Waals surface area contributed by atoms with Gasteiger partial charge in [-0.3, -0.25) is 0 Å². The molecule has 0 aromatic rings. The first-order chi connectivity index (χ1) is 5.11. The van der Waals surface area contributed by atoms with E-state index in [4.69, 9.17) is 15.1 Å². The van der Waals surface area contributed by atoms with Gasteiger partial charge >= 0.3 is 5.97 Å². The van der Waals surface area contributed by atoms with Crippen LogP contribution in [0.3, 0.4) is 0 Å². The summed E-state index contributed by atoms with van der Waals surface area (Å²) in [6.45, 7) is 3.17. The van der Waals surface area contributed by atoms with Crippen molar-refractivity contribution in [1.29, 1.82) is 5.26 Å².